The Hall–Kier alpha value is -1.17. The standard InChI is InChI=1S/C14H20N2O2S/c1-16-6-7-17-13(9-16)10-18-12-4-2-11(3-5-12)8-14(15)19/h2-5,13H,6-10H2,1H3,(H2,15,19). The van der Waals surface area contributed by atoms with Crippen molar-refractivity contribution in [2.75, 3.05) is 33.4 Å². The molecular formula is C14H20N2O2S. The topological polar surface area (TPSA) is 47.7 Å². The Morgan fingerprint density at radius 3 is 2.84 bits per heavy atom. The minimum atomic E-state index is 0.148. The Labute approximate surface area is 119 Å². The van der Waals surface area contributed by atoms with Gasteiger partial charge >= 0.3 is 0 Å². The molecule has 1 aromatic carbocycles. The first-order valence-electron chi connectivity index (χ1n) is 6.43. The van der Waals surface area contributed by atoms with E-state index < -0.39 is 0 Å². The van der Waals surface area contributed by atoms with E-state index in [0.29, 0.717) is 18.0 Å². The summed E-state index contributed by atoms with van der Waals surface area (Å²) >= 11 is 4.88. The van der Waals surface area contributed by atoms with Crippen LogP contribution in [0.25, 0.3) is 0 Å². The third-order valence-electron chi connectivity index (χ3n) is 3.08. The average molecular weight is 280 g/mol. The van der Waals surface area contributed by atoms with Crippen LogP contribution in [0.2, 0.25) is 0 Å². The Bertz CT molecular complexity index is 422. The molecule has 1 aromatic rings. The normalized spacial score (nSPS) is 20.2. The highest BCUT2D eigenvalue weighted by atomic mass is 32.1. The molecule has 1 saturated heterocycles. The largest absolute Gasteiger partial charge is 0.491 e. The van der Waals surface area contributed by atoms with Gasteiger partial charge in [0, 0.05) is 19.5 Å². The number of likely N-dealkylation sites (N-methyl/N-ethyl adjacent to an activating group) is 1. The van der Waals surface area contributed by atoms with E-state index in [9.17, 15) is 0 Å². The molecule has 1 heterocycles. The lowest BCUT2D eigenvalue weighted by atomic mass is 10.1. The fraction of sp³-hybridized carbons (Fsp3) is 0.500. The number of nitrogens with two attached hydrogens (primary N) is 1. The first-order chi connectivity index (χ1) is 9.13. The molecule has 5 heteroatoms. The zero-order valence-electron chi connectivity index (χ0n) is 11.2. The van der Waals surface area contributed by atoms with Crippen LogP contribution in [0, 0.1) is 0 Å². The van der Waals surface area contributed by atoms with E-state index >= 15 is 0 Å². The van der Waals surface area contributed by atoms with Gasteiger partial charge in [0.05, 0.1) is 11.6 Å². The van der Waals surface area contributed by atoms with Crippen molar-refractivity contribution in [3.05, 3.63) is 29.8 Å². The van der Waals surface area contributed by atoms with Crippen molar-refractivity contribution in [2.24, 2.45) is 5.73 Å². The van der Waals surface area contributed by atoms with Gasteiger partial charge in [-0.3, -0.25) is 0 Å². The van der Waals surface area contributed by atoms with Gasteiger partial charge in [-0.2, -0.15) is 0 Å². The molecule has 1 aliphatic heterocycles. The Balaban J connectivity index is 1.81. The van der Waals surface area contributed by atoms with Crippen LogP contribution in [0.1, 0.15) is 5.56 Å². The lowest BCUT2D eigenvalue weighted by Gasteiger charge is -2.29. The number of thiocarbonyl (C=S) groups is 1. The minimum Gasteiger partial charge on any atom is -0.491 e. The maximum absolute atomic E-state index is 5.74. The second kappa shape index (κ2) is 6.84. The van der Waals surface area contributed by atoms with Crippen molar-refractivity contribution in [3.63, 3.8) is 0 Å². The highest BCUT2D eigenvalue weighted by molar-refractivity contribution is 7.80. The summed E-state index contributed by atoms with van der Waals surface area (Å²) in [5, 5.41) is 0. The molecule has 0 aliphatic carbocycles. The van der Waals surface area contributed by atoms with Crippen molar-refractivity contribution in [3.8, 4) is 5.75 Å². The Morgan fingerprint density at radius 1 is 1.47 bits per heavy atom. The summed E-state index contributed by atoms with van der Waals surface area (Å²) in [4.78, 5) is 2.76. The fourth-order valence-corrected chi connectivity index (χ4v) is 2.23. The van der Waals surface area contributed by atoms with E-state index in [4.69, 9.17) is 27.4 Å². The number of nitrogens with zero attached hydrogens (tertiary/aromatic N) is 1. The van der Waals surface area contributed by atoms with E-state index in [-0.39, 0.29) is 6.10 Å². The lowest BCUT2D eigenvalue weighted by Crippen LogP contribution is -2.42. The molecule has 1 atom stereocenters. The van der Waals surface area contributed by atoms with Crippen LogP contribution in [0.15, 0.2) is 24.3 Å². The van der Waals surface area contributed by atoms with Crippen molar-refractivity contribution >= 4 is 17.2 Å². The predicted molar refractivity (Wildman–Crippen MR) is 79.7 cm³/mol. The monoisotopic (exact) mass is 280 g/mol. The quantitative estimate of drug-likeness (QED) is 0.822. The summed E-state index contributed by atoms with van der Waals surface area (Å²) in [5.74, 6) is 0.850. The summed E-state index contributed by atoms with van der Waals surface area (Å²) in [6.07, 6.45) is 0.779. The van der Waals surface area contributed by atoms with Gasteiger partial charge < -0.3 is 20.1 Å². The zero-order valence-corrected chi connectivity index (χ0v) is 12.0. The second-order valence-corrected chi connectivity index (χ2v) is 5.38. The molecule has 0 bridgehead atoms. The van der Waals surface area contributed by atoms with Gasteiger partial charge in [0.2, 0.25) is 0 Å². The van der Waals surface area contributed by atoms with Crippen LogP contribution in [-0.4, -0.2) is 49.3 Å². The van der Waals surface area contributed by atoms with E-state index in [2.05, 4.69) is 11.9 Å². The number of benzene rings is 1. The highest BCUT2D eigenvalue weighted by Crippen LogP contribution is 2.14. The predicted octanol–water partition coefficient (Wildman–Crippen LogP) is 1.22. The van der Waals surface area contributed by atoms with Gasteiger partial charge in [-0.1, -0.05) is 24.4 Å². The van der Waals surface area contributed by atoms with Crippen molar-refractivity contribution < 1.29 is 9.47 Å². The van der Waals surface area contributed by atoms with Gasteiger partial charge in [0.25, 0.3) is 0 Å². The van der Waals surface area contributed by atoms with Crippen LogP contribution >= 0.6 is 12.2 Å². The molecule has 0 radical (unpaired) electrons. The van der Waals surface area contributed by atoms with E-state index in [1.54, 1.807) is 0 Å². The van der Waals surface area contributed by atoms with Crippen LogP contribution in [0.5, 0.6) is 5.75 Å². The summed E-state index contributed by atoms with van der Waals surface area (Å²) in [5.41, 5.74) is 6.62. The van der Waals surface area contributed by atoms with Crippen LogP contribution in [0.4, 0.5) is 0 Å². The third kappa shape index (κ3) is 4.78. The number of hydrogen-bond acceptors (Lipinski definition) is 4. The molecule has 0 aromatic heterocycles. The van der Waals surface area contributed by atoms with Crippen molar-refractivity contribution in [1.82, 2.24) is 4.90 Å². The highest BCUT2D eigenvalue weighted by Gasteiger charge is 2.18. The SMILES string of the molecule is CN1CCOC(COc2ccc(CC(N)=S)cc2)C1. The lowest BCUT2D eigenvalue weighted by molar-refractivity contribution is -0.0403. The molecule has 0 amide bonds. The summed E-state index contributed by atoms with van der Waals surface area (Å²) < 4.78 is 11.4. The molecule has 4 nitrogen and oxygen atoms in total. The molecule has 1 fully saturated rings. The maximum atomic E-state index is 5.74. The van der Waals surface area contributed by atoms with Crippen LogP contribution in [-0.2, 0) is 11.2 Å². The molecule has 2 rings (SSSR count). The van der Waals surface area contributed by atoms with Gasteiger partial charge in [-0.25, -0.2) is 0 Å². The summed E-state index contributed by atoms with van der Waals surface area (Å²) in [6.45, 7) is 3.26. The van der Waals surface area contributed by atoms with E-state index in [1.807, 2.05) is 24.3 Å². The summed E-state index contributed by atoms with van der Waals surface area (Å²) in [6, 6.07) is 7.87. The Morgan fingerprint density at radius 2 is 2.21 bits per heavy atom. The van der Waals surface area contributed by atoms with Gasteiger partial charge in [0.1, 0.15) is 18.5 Å². The van der Waals surface area contributed by atoms with Crippen LogP contribution < -0.4 is 10.5 Å². The molecule has 1 aliphatic rings. The Kier molecular flexibility index (Phi) is 5.13. The van der Waals surface area contributed by atoms with Gasteiger partial charge in [0.15, 0.2) is 0 Å². The number of rotatable bonds is 5. The van der Waals surface area contributed by atoms with Gasteiger partial charge in [-0.15, -0.1) is 0 Å². The number of hydrogen-bond donors (Lipinski definition) is 1. The van der Waals surface area contributed by atoms with E-state index in [1.165, 1.54) is 0 Å². The zero-order chi connectivity index (χ0) is 13.7. The fourth-order valence-electron chi connectivity index (χ4n) is 2.06. The van der Waals surface area contributed by atoms with E-state index in [0.717, 1.165) is 31.0 Å². The molecule has 2 N–H and O–H groups in total. The second-order valence-electron chi connectivity index (χ2n) is 4.85. The minimum absolute atomic E-state index is 0.148. The molecule has 0 spiro atoms. The molecular weight excluding hydrogens is 260 g/mol. The van der Waals surface area contributed by atoms with Crippen molar-refractivity contribution in [1.29, 1.82) is 0 Å². The molecule has 19 heavy (non-hydrogen) atoms. The van der Waals surface area contributed by atoms with Gasteiger partial charge in [-0.05, 0) is 24.7 Å². The van der Waals surface area contributed by atoms with Crippen LogP contribution in [0.3, 0.4) is 0 Å². The summed E-state index contributed by atoms with van der Waals surface area (Å²) in [7, 11) is 2.10. The first kappa shape index (κ1) is 14.2. The number of morpholine rings is 1. The molecule has 1 unspecified atom stereocenters. The average Bonchev–Trinajstić information content (AvgIpc) is 2.37. The molecule has 0 saturated carbocycles. The number of ether oxygens (including phenoxy) is 2. The maximum Gasteiger partial charge on any atom is 0.119 e. The van der Waals surface area contributed by atoms with Crippen molar-refractivity contribution in [2.45, 2.75) is 12.5 Å². The first-order valence-corrected chi connectivity index (χ1v) is 6.84. The third-order valence-corrected chi connectivity index (χ3v) is 3.22. The molecule has 104 valence electrons. The smallest absolute Gasteiger partial charge is 0.119 e.